The number of fused-ring (bicyclic) bond motifs is 1. The lowest BCUT2D eigenvalue weighted by Gasteiger charge is -2.20. The summed E-state index contributed by atoms with van der Waals surface area (Å²) in [5.41, 5.74) is 0.886. The van der Waals surface area contributed by atoms with Crippen molar-refractivity contribution < 1.29 is 14.7 Å². The Hall–Kier alpha value is -1.62. The Balaban J connectivity index is 2.28. The Bertz CT molecular complexity index is 478. The lowest BCUT2D eigenvalue weighted by atomic mass is 10.2. The van der Waals surface area contributed by atoms with Crippen molar-refractivity contribution in [1.29, 1.82) is 0 Å². The molecule has 4 nitrogen and oxygen atoms in total. The van der Waals surface area contributed by atoms with Gasteiger partial charge in [-0.05, 0) is 24.3 Å². The van der Waals surface area contributed by atoms with Crippen molar-refractivity contribution in [3.8, 4) is 0 Å². The molecule has 1 N–H and O–H groups in total. The molecule has 0 aliphatic carbocycles. The van der Waals surface area contributed by atoms with Gasteiger partial charge in [0.15, 0.2) is 0 Å². The Morgan fingerprint density at radius 3 is 3.00 bits per heavy atom. The fourth-order valence-corrected chi connectivity index (χ4v) is 2.79. The smallest absolute Gasteiger partial charge is 0.332 e. The molecule has 0 saturated heterocycles. The molecule has 5 heteroatoms. The summed E-state index contributed by atoms with van der Waals surface area (Å²) in [4.78, 5) is 25.4. The fraction of sp³-hybridized carbons (Fsp3) is 0.333. The molecule has 1 aromatic heterocycles. The van der Waals surface area contributed by atoms with E-state index in [2.05, 4.69) is 6.58 Å². The van der Waals surface area contributed by atoms with Crippen molar-refractivity contribution >= 4 is 28.9 Å². The molecule has 2 rings (SSSR count). The summed E-state index contributed by atoms with van der Waals surface area (Å²) in [6.45, 7) is 3.55. The summed E-state index contributed by atoms with van der Waals surface area (Å²) in [6, 6.07) is 1.87. The van der Waals surface area contributed by atoms with Crippen LogP contribution < -0.4 is 4.90 Å². The van der Waals surface area contributed by atoms with E-state index in [0.717, 1.165) is 23.4 Å². The second kappa shape index (κ2) is 4.71. The van der Waals surface area contributed by atoms with Gasteiger partial charge in [-0.3, -0.25) is 4.79 Å². The largest absolute Gasteiger partial charge is 0.478 e. The first-order valence-corrected chi connectivity index (χ1v) is 6.25. The van der Waals surface area contributed by atoms with Crippen molar-refractivity contribution in [2.75, 3.05) is 11.4 Å². The zero-order chi connectivity index (χ0) is 12.4. The third kappa shape index (κ3) is 2.39. The van der Waals surface area contributed by atoms with Crippen molar-refractivity contribution in [3.05, 3.63) is 28.5 Å². The van der Waals surface area contributed by atoms with E-state index in [0.29, 0.717) is 6.42 Å². The summed E-state index contributed by atoms with van der Waals surface area (Å²) in [5.74, 6) is -1.08. The molecule has 1 aliphatic heterocycles. The topological polar surface area (TPSA) is 57.6 Å². The van der Waals surface area contributed by atoms with Gasteiger partial charge in [0.2, 0.25) is 5.91 Å². The average Bonchev–Trinajstić information content (AvgIpc) is 2.68. The highest BCUT2D eigenvalue weighted by atomic mass is 32.1. The molecule has 2 heterocycles. The molecule has 0 aromatic carbocycles. The maximum absolute atomic E-state index is 11.9. The van der Waals surface area contributed by atoms with Crippen LogP contribution in [0, 0.1) is 0 Å². The molecule has 1 aromatic rings. The van der Waals surface area contributed by atoms with Gasteiger partial charge in [0, 0.05) is 16.9 Å². The highest BCUT2D eigenvalue weighted by Gasteiger charge is 2.24. The summed E-state index contributed by atoms with van der Waals surface area (Å²) in [7, 11) is 0. The van der Waals surface area contributed by atoms with E-state index >= 15 is 0 Å². The lowest BCUT2D eigenvalue weighted by molar-refractivity contribution is -0.132. The zero-order valence-electron chi connectivity index (χ0n) is 9.31. The number of nitrogens with zero attached hydrogens (tertiary/aromatic N) is 1. The SMILES string of the molecule is C=C(CN1C(=O)CCCc2sccc21)C(=O)O. The van der Waals surface area contributed by atoms with Gasteiger partial charge in [-0.2, -0.15) is 0 Å². The Morgan fingerprint density at radius 1 is 1.53 bits per heavy atom. The molecule has 1 aliphatic rings. The molecular formula is C12H13NO3S. The third-order valence-electron chi connectivity index (χ3n) is 2.76. The number of aliphatic carboxylic acids is 1. The first kappa shape index (κ1) is 11.9. The molecule has 0 atom stereocenters. The monoisotopic (exact) mass is 251 g/mol. The lowest BCUT2D eigenvalue weighted by Crippen LogP contribution is -2.33. The highest BCUT2D eigenvalue weighted by molar-refractivity contribution is 7.10. The van der Waals surface area contributed by atoms with Crippen molar-refractivity contribution in [3.63, 3.8) is 0 Å². The van der Waals surface area contributed by atoms with Crippen LogP contribution in [-0.2, 0) is 16.0 Å². The van der Waals surface area contributed by atoms with Gasteiger partial charge in [-0.15, -0.1) is 11.3 Å². The van der Waals surface area contributed by atoms with Crippen molar-refractivity contribution in [2.45, 2.75) is 19.3 Å². The molecule has 0 fully saturated rings. The van der Waals surface area contributed by atoms with E-state index in [1.807, 2.05) is 11.4 Å². The number of aryl methyl sites for hydroxylation is 1. The maximum atomic E-state index is 11.9. The quantitative estimate of drug-likeness (QED) is 0.836. The normalized spacial score (nSPS) is 15.3. The number of carboxylic acid groups (broad SMARTS) is 1. The minimum absolute atomic E-state index is 0.0236. The summed E-state index contributed by atoms with van der Waals surface area (Å²) < 4.78 is 0. The van der Waals surface area contributed by atoms with Gasteiger partial charge in [-0.25, -0.2) is 4.79 Å². The third-order valence-corrected chi connectivity index (χ3v) is 3.73. The average molecular weight is 251 g/mol. The maximum Gasteiger partial charge on any atom is 0.332 e. The molecular weight excluding hydrogens is 238 g/mol. The molecule has 0 spiro atoms. The fourth-order valence-electron chi connectivity index (χ4n) is 1.86. The molecule has 0 saturated carbocycles. The van der Waals surface area contributed by atoms with E-state index in [1.165, 1.54) is 4.90 Å². The number of carbonyl (C=O) groups excluding carboxylic acids is 1. The van der Waals surface area contributed by atoms with Crippen LogP contribution in [0.3, 0.4) is 0 Å². The van der Waals surface area contributed by atoms with Crippen molar-refractivity contribution in [1.82, 2.24) is 0 Å². The second-order valence-electron chi connectivity index (χ2n) is 3.97. The minimum Gasteiger partial charge on any atom is -0.478 e. The van der Waals surface area contributed by atoms with Crippen LogP contribution in [0.4, 0.5) is 5.69 Å². The van der Waals surface area contributed by atoms with E-state index in [9.17, 15) is 9.59 Å². The number of anilines is 1. The van der Waals surface area contributed by atoms with Gasteiger partial charge < -0.3 is 10.0 Å². The molecule has 17 heavy (non-hydrogen) atoms. The predicted octanol–water partition coefficient (Wildman–Crippen LogP) is 2.06. The Labute approximate surface area is 103 Å². The van der Waals surface area contributed by atoms with Gasteiger partial charge in [0.05, 0.1) is 12.2 Å². The number of hydrogen-bond acceptors (Lipinski definition) is 3. The van der Waals surface area contributed by atoms with Crippen LogP contribution in [0.15, 0.2) is 23.6 Å². The van der Waals surface area contributed by atoms with E-state index in [1.54, 1.807) is 11.3 Å². The predicted molar refractivity (Wildman–Crippen MR) is 66.4 cm³/mol. The Kier molecular flexibility index (Phi) is 3.28. The van der Waals surface area contributed by atoms with Crippen LogP contribution in [0.2, 0.25) is 0 Å². The van der Waals surface area contributed by atoms with E-state index in [-0.39, 0.29) is 18.0 Å². The number of thiophene rings is 1. The first-order chi connectivity index (χ1) is 8.09. The van der Waals surface area contributed by atoms with E-state index < -0.39 is 5.97 Å². The van der Waals surface area contributed by atoms with Crippen molar-refractivity contribution in [2.24, 2.45) is 0 Å². The number of carbonyl (C=O) groups is 2. The molecule has 1 amide bonds. The summed E-state index contributed by atoms with van der Waals surface area (Å²) in [5, 5.41) is 10.8. The van der Waals surface area contributed by atoms with Gasteiger partial charge in [-0.1, -0.05) is 6.58 Å². The second-order valence-corrected chi connectivity index (χ2v) is 4.97. The number of rotatable bonds is 3. The van der Waals surface area contributed by atoms with Crippen LogP contribution in [0.1, 0.15) is 17.7 Å². The standard InChI is InChI=1S/C12H13NO3S/c1-8(12(15)16)7-13-9-5-6-17-10(9)3-2-4-11(13)14/h5-6H,1-4,7H2,(H,15,16). The molecule has 90 valence electrons. The van der Waals surface area contributed by atoms with Crippen LogP contribution in [0.25, 0.3) is 0 Å². The van der Waals surface area contributed by atoms with Gasteiger partial charge in [0.25, 0.3) is 0 Å². The van der Waals surface area contributed by atoms with Crippen LogP contribution in [-0.4, -0.2) is 23.5 Å². The molecule has 0 bridgehead atoms. The number of carboxylic acids is 1. The Morgan fingerprint density at radius 2 is 2.29 bits per heavy atom. The summed E-state index contributed by atoms with van der Waals surface area (Å²) >= 11 is 1.61. The van der Waals surface area contributed by atoms with Gasteiger partial charge in [0.1, 0.15) is 0 Å². The zero-order valence-corrected chi connectivity index (χ0v) is 10.1. The van der Waals surface area contributed by atoms with Crippen LogP contribution in [0.5, 0.6) is 0 Å². The minimum atomic E-state index is -1.06. The van der Waals surface area contributed by atoms with Gasteiger partial charge >= 0.3 is 5.97 Å². The molecule has 0 unspecified atom stereocenters. The molecule has 0 radical (unpaired) electrons. The summed E-state index contributed by atoms with van der Waals surface area (Å²) in [6.07, 6.45) is 2.17. The number of hydrogen-bond donors (Lipinski definition) is 1. The number of amides is 1. The van der Waals surface area contributed by atoms with E-state index in [4.69, 9.17) is 5.11 Å². The first-order valence-electron chi connectivity index (χ1n) is 5.37. The highest BCUT2D eigenvalue weighted by Crippen LogP contribution is 2.31. The van der Waals surface area contributed by atoms with Crippen LogP contribution >= 0.6 is 11.3 Å².